The van der Waals surface area contributed by atoms with Gasteiger partial charge in [-0.1, -0.05) is 12.8 Å². The summed E-state index contributed by atoms with van der Waals surface area (Å²) in [5.41, 5.74) is -1.79. The monoisotopic (exact) mass is 365 g/mol. The van der Waals surface area contributed by atoms with Crippen LogP contribution >= 0.6 is 0 Å². The number of ether oxygens (including phenoxy) is 5. The van der Waals surface area contributed by atoms with Gasteiger partial charge in [0.2, 0.25) is 5.60 Å². The number of nitriles is 1. The zero-order valence-electron chi connectivity index (χ0n) is 15.0. The highest BCUT2D eigenvalue weighted by molar-refractivity contribution is 5.20. The highest BCUT2D eigenvalue weighted by atomic mass is 16.8. The van der Waals surface area contributed by atoms with E-state index in [4.69, 9.17) is 23.7 Å². The molecule has 1 N–H and O–H groups in total. The molecule has 26 heavy (non-hydrogen) atoms. The molecule has 7 heteroatoms. The van der Waals surface area contributed by atoms with Crippen LogP contribution in [0, 0.1) is 11.3 Å². The number of nitrogens with zero attached hydrogens (tertiary/aromatic N) is 1. The van der Waals surface area contributed by atoms with E-state index in [0.717, 1.165) is 57.8 Å². The second-order valence-corrected chi connectivity index (χ2v) is 8.43. The number of fused-ring (bicyclic) bond motifs is 1. The molecule has 5 aliphatic rings. The van der Waals surface area contributed by atoms with Gasteiger partial charge in [0, 0.05) is 25.7 Å². The van der Waals surface area contributed by atoms with Gasteiger partial charge in [-0.3, -0.25) is 0 Å². The largest absolute Gasteiger partial charge is 0.371 e. The first kappa shape index (κ1) is 17.4. The summed E-state index contributed by atoms with van der Waals surface area (Å²) in [7, 11) is 0. The molecule has 0 aromatic heterocycles. The van der Waals surface area contributed by atoms with Crippen molar-refractivity contribution < 1.29 is 28.8 Å². The maximum Gasteiger partial charge on any atom is 0.211 e. The molecular weight excluding hydrogens is 338 g/mol. The van der Waals surface area contributed by atoms with Gasteiger partial charge < -0.3 is 28.8 Å². The number of rotatable bonds is 1. The zero-order chi connectivity index (χ0) is 17.8. The Morgan fingerprint density at radius 2 is 1.46 bits per heavy atom. The van der Waals surface area contributed by atoms with Gasteiger partial charge in [-0.15, -0.1) is 0 Å². The van der Waals surface area contributed by atoms with Crippen molar-refractivity contribution >= 4 is 0 Å². The highest BCUT2D eigenvalue weighted by Crippen LogP contribution is 2.50. The van der Waals surface area contributed by atoms with Crippen LogP contribution in [0.1, 0.15) is 64.2 Å². The van der Waals surface area contributed by atoms with E-state index in [1.165, 1.54) is 6.42 Å². The Morgan fingerprint density at radius 3 is 2.12 bits per heavy atom. The van der Waals surface area contributed by atoms with Gasteiger partial charge in [0.1, 0.15) is 18.3 Å². The topological polar surface area (TPSA) is 90.2 Å². The van der Waals surface area contributed by atoms with Crippen LogP contribution in [0.15, 0.2) is 0 Å². The minimum absolute atomic E-state index is 0.319. The average molecular weight is 365 g/mol. The first-order chi connectivity index (χ1) is 12.6. The third-order valence-corrected chi connectivity index (χ3v) is 6.69. The van der Waals surface area contributed by atoms with E-state index in [-0.39, 0.29) is 0 Å². The Bertz CT molecular complexity index is 593. The van der Waals surface area contributed by atoms with Crippen molar-refractivity contribution in [2.24, 2.45) is 0 Å². The van der Waals surface area contributed by atoms with Crippen molar-refractivity contribution in [3.05, 3.63) is 0 Å². The quantitative estimate of drug-likeness (QED) is 0.712. The van der Waals surface area contributed by atoms with Crippen molar-refractivity contribution in [3.63, 3.8) is 0 Å². The van der Waals surface area contributed by atoms with E-state index in [1.807, 2.05) is 6.07 Å². The molecule has 0 amide bonds. The predicted molar refractivity (Wildman–Crippen MR) is 87.6 cm³/mol. The minimum atomic E-state index is -1.79. The molecule has 144 valence electrons. The smallest absolute Gasteiger partial charge is 0.211 e. The molecule has 3 aliphatic heterocycles. The van der Waals surface area contributed by atoms with Crippen LogP contribution in [-0.2, 0) is 23.7 Å². The first-order valence-corrected chi connectivity index (χ1v) is 10.0. The van der Waals surface area contributed by atoms with E-state index in [1.54, 1.807) is 0 Å². The van der Waals surface area contributed by atoms with Gasteiger partial charge in [0.05, 0.1) is 6.61 Å². The summed E-state index contributed by atoms with van der Waals surface area (Å²) in [6, 6.07) is 2.04. The second kappa shape index (κ2) is 6.13. The van der Waals surface area contributed by atoms with Crippen LogP contribution < -0.4 is 0 Å². The van der Waals surface area contributed by atoms with Crippen molar-refractivity contribution in [1.82, 2.24) is 0 Å². The van der Waals surface area contributed by atoms with Gasteiger partial charge in [-0.05, 0) is 25.7 Å². The Balaban J connectivity index is 1.33. The molecule has 2 saturated carbocycles. The molecule has 5 fully saturated rings. The van der Waals surface area contributed by atoms with Crippen molar-refractivity contribution in [1.29, 1.82) is 5.26 Å². The van der Waals surface area contributed by atoms with E-state index < -0.39 is 41.8 Å². The fourth-order valence-corrected chi connectivity index (χ4v) is 5.30. The van der Waals surface area contributed by atoms with Crippen molar-refractivity contribution in [3.8, 4) is 6.07 Å². The van der Waals surface area contributed by atoms with E-state index in [0.29, 0.717) is 6.61 Å². The fourth-order valence-electron chi connectivity index (χ4n) is 5.30. The Kier molecular flexibility index (Phi) is 4.09. The summed E-state index contributed by atoms with van der Waals surface area (Å²) >= 11 is 0. The average Bonchev–Trinajstić information content (AvgIpc) is 3.29. The van der Waals surface area contributed by atoms with Crippen molar-refractivity contribution in [2.75, 3.05) is 6.61 Å². The molecule has 7 nitrogen and oxygen atoms in total. The van der Waals surface area contributed by atoms with Crippen LogP contribution in [0.4, 0.5) is 0 Å². The number of hydrogen-bond acceptors (Lipinski definition) is 7. The summed E-state index contributed by atoms with van der Waals surface area (Å²) in [6.07, 6.45) is 6.95. The molecule has 0 bridgehead atoms. The van der Waals surface area contributed by atoms with Gasteiger partial charge in [0.25, 0.3) is 0 Å². The molecule has 0 aromatic rings. The zero-order valence-corrected chi connectivity index (χ0v) is 15.0. The molecule has 2 aliphatic carbocycles. The summed E-state index contributed by atoms with van der Waals surface area (Å²) in [4.78, 5) is 0. The lowest BCUT2D eigenvalue weighted by Gasteiger charge is -2.36. The maximum atomic E-state index is 11.2. The van der Waals surface area contributed by atoms with Crippen LogP contribution in [0.5, 0.6) is 0 Å². The van der Waals surface area contributed by atoms with Gasteiger partial charge in [0.15, 0.2) is 24.0 Å². The summed E-state index contributed by atoms with van der Waals surface area (Å²) in [5, 5.41) is 20.9. The lowest BCUT2D eigenvalue weighted by molar-refractivity contribution is -0.266. The highest BCUT2D eigenvalue weighted by Gasteiger charge is 2.68. The molecule has 0 aromatic carbocycles. The minimum Gasteiger partial charge on any atom is -0.371 e. The summed E-state index contributed by atoms with van der Waals surface area (Å²) in [5.74, 6) is -1.28. The molecule has 3 heterocycles. The molecular formula is C19H27NO6. The summed E-state index contributed by atoms with van der Waals surface area (Å²) < 4.78 is 30.4. The molecule has 0 radical (unpaired) electrons. The van der Waals surface area contributed by atoms with Crippen LogP contribution in [-0.4, -0.2) is 53.5 Å². The normalized spacial score (nSPS) is 46.5. The summed E-state index contributed by atoms with van der Waals surface area (Å²) in [6.45, 7) is 0.319. The van der Waals surface area contributed by atoms with Gasteiger partial charge in [-0.2, -0.15) is 5.26 Å². The van der Waals surface area contributed by atoms with Crippen LogP contribution in [0.2, 0.25) is 0 Å². The van der Waals surface area contributed by atoms with Gasteiger partial charge >= 0.3 is 0 Å². The molecule has 5 rings (SSSR count). The molecule has 2 spiro atoms. The van der Waals surface area contributed by atoms with E-state index in [9.17, 15) is 10.4 Å². The van der Waals surface area contributed by atoms with Crippen molar-refractivity contribution in [2.45, 2.75) is 106 Å². The van der Waals surface area contributed by atoms with Gasteiger partial charge in [-0.25, -0.2) is 0 Å². The number of hydrogen-bond donors (Lipinski definition) is 1. The Hall–Kier alpha value is -0.750. The van der Waals surface area contributed by atoms with E-state index in [2.05, 4.69) is 0 Å². The molecule has 3 saturated heterocycles. The third-order valence-electron chi connectivity index (χ3n) is 6.69. The van der Waals surface area contributed by atoms with Crippen LogP contribution in [0.25, 0.3) is 0 Å². The second-order valence-electron chi connectivity index (χ2n) is 8.43. The lowest BCUT2D eigenvalue weighted by Crippen LogP contribution is -2.53. The SMILES string of the molecule is N#C[C@]1(O)[C@H]2OC3(CCCCC3)O[C@@H]2O[C@H]1[C@H]1COC2(CCCCC2)O1. The van der Waals surface area contributed by atoms with E-state index >= 15 is 0 Å². The number of aliphatic hydroxyl groups is 1. The Labute approximate surface area is 153 Å². The predicted octanol–water partition coefficient (Wildman–Crippen LogP) is 2.12. The molecule has 5 atom stereocenters. The maximum absolute atomic E-state index is 11.2. The Morgan fingerprint density at radius 1 is 0.808 bits per heavy atom. The third kappa shape index (κ3) is 2.55. The van der Waals surface area contributed by atoms with Crippen LogP contribution in [0.3, 0.4) is 0 Å². The first-order valence-electron chi connectivity index (χ1n) is 10.0. The lowest BCUT2D eigenvalue weighted by atomic mass is 9.90. The standard InChI is InChI=1S/C19H27NO6/c20-12-19(21)14(13-11-22-17(24-13)7-3-1-4-8-17)23-16-15(19)25-18(26-16)9-5-2-6-10-18/h13-16,21H,1-11H2/t13-,14+,15+,16+,19-/m1/s1. The fraction of sp³-hybridized carbons (Fsp3) is 0.947. The molecule has 0 unspecified atom stereocenters.